The van der Waals surface area contributed by atoms with E-state index in [9.17, 15) is 4.79 Å². The summed E-state index contributed by atoms with van der Waals surface area (Å²) in [5.74, 6) is 1.36. The van der Waals surface area contributed by atoms with Crippen molar-refractivity contribution in [2.75, 3.05) is 50.0 Å². The number of nitrogens with one attached hydrogen (secondary N) is 1. The fourth-order valence-corrected chi connectivity index (χ4v) is 4.05. The highest BCUT2D eigenvalue weighted by Gasteiger charge is 2.23. The predicted molar refractivity (Wildman–Crippen MR) is 118 cm³/mol. The number of ether oxygens (including phenoxy) is 2. The Hall–Kier alpha value is -2.61. The Morgan fingerprint density at radius 2 is 1.90 bits per heavy atom. The van der Waals surface area contributed by atoms with E-state index in [1.165, 1.54) is 0 Å². The summed E-state index contributed by atoms with van der Waals surface area (Å²) in [5, 5.41) is -0.00893. The highest BCUT2D eigenvalue weighted by molar-refractivity contribution is 8.14. The molecule has 0 saturated carbocycles. The molecule has 3 rings (SSSR count). The lowest BCUT2D eigenvalue weighted by Gasteiger charge is -2.36. The Morgan fingerprint density at radius 3 is 2.55 bits per heavy atom. The molecule has 2 heterocycles. The molecule has 0 radical (unpaired) electrons. The van der Waals surface area contributed by atoms with Gasteiger partial charge in [0.1, 0.15) is 11.4 Å². The quantitative estimate of drug-likeness (QED) is 0.715. The van der Waals surface area contributed by atoms with Crippen LogP contribution >= 0.6 is 11.9 Å². The van der Waals surface area contributed by atoms with Crippen LogP contribution in [0.15, 0.2) is 30.3 Å². The van der Waals surface area contributed by atoms with Crippen molar-refractivity contribution in [2.24, 2.45) is 0 Å². The number of amides is 1. The summed E-state index contributed by atoms with van der Waals surface area (Å²) < 4.78 is 13.9. The van der Waals surface area contributed by atoms with Crippen molar-refractivity contribution in [3.63, 3.8) is 0 Å². The molecule has 1 aromatic heterocycles. The second-order valence-corrected chi connectivity index (χ2v) is 7.52. The maximum absolute atomic E-state index is 12.7. The van der Waals surface area contributed by atoms with Crippen LogP contribution < -0.4 is 19.1 Å². The van der Waals surface area contributed by atoms with Crippen LogP contribution in [0.4, 0.5) is 16.2 Å². The molecule has 0 unspecified atom stereocenters. The van der Waals surface area contributed by atoms with Crippen molar-refractivity contribution in [3.8, 4) is 11.6 Å². The molecule has 1 saturated heterocycles. The third-order valence-corrected chi connectivity index (χ3v) is 5.82. The minimum atomic E-state index is -0.00893. The van der Waals surface area contributed by atoms with E-state index >= 15 is 0 Å². The smallest absolute Gasteiger partial charge is 0.302 e. The molecule has 7 nitrogen and oxygen atoms in total. The van der Waals surface area contributed by atoms with Gasteiger partial charge < -0.3 is 24.0 Å². The highest BCUT2D eigenvalue weighted by atomic mass is 32.2. The number of rotatable bonds is 6. The summed E-state index contributed by atoms with van der Waals surface area (Å²) in [6.45, 7) is 6.90. The number of pyridine rings is 1. The number of aromatic nitrogens is 1. The third-order valence-electron chi connectivity index (χ3n) is 5.07. The van der Waals surface area contributed by atoms with Crippen molar-refractivity contribution < 1.29 is 14.3 Å². The summed E-state index contributed by atoms with van der Waals surface area (Å²) in [5.41, 5.74) is 3.86. The van der Waals surface area contributed by atoms with Gasteiger partial charge in [0, 0.05) is 43.8 Å². The number of anilines is 2. The standard InChI is InChI=1S/C21H28N4O3S/c1-5-16-14-17(20(28-4)22-15(16)2)23-29-21(26)25-12-10-24(11-13-25)18-8-6-7-9-19(18)27-3/h6-9,14,23H,5,10-13H2,1-4H3. The predicted octanol–water partition coefficient (Wildman–Crippen LogP) is 3.97. The molecule has 1 aliphatic rings. The first-order valence-electron chi connectivity index (χ1n) is 9.71. The Kier molecular flexibility index (Phi) is 7.09. The number of methoxy groups -OCH3 is 2. The monoisotopic (exact) mass is 416 g/mol. The van der Waals surface area contributed by atoms with E-state index in [2.05, 4.69) is 27.6 Å². The van der Waals surface area contributed by atoms with Gasteiger partial charge in [-0.2, -0.15) is 0 Å². The molecular formula is C21H28N4O3S. The lowest BCUT2D eigenvalue weighted by Crippen LogP contribution is -2.48. The molecule has 1 aliphatic heterocycles. The van der Waals surface area contributed by atoms with Gasteiger partial charge in [0.25, 0.3) is 0 Å². The summed E-state index contributed by atoms with van der Waals surface area (Å²) >= 11 is 1.07. The zero-order chi connectivity index (χ0) is 20.8. The normalized spacial score (nSPS) is 13.9. The number of carbonyl (C=O) groups excluding carboxylic acids is 1. The largest absolute Gasteiger partial charge is 0.495 e. The van der Waals surface area contributed by atoms with Crippen LogP contribution in [0.2, 0.25) is 0 Å². The van der Waals surface area contributed by atoms with E-state index in [1.54, 1.807) is 14.2 Å². The average molecular weight is 417 g/mol. The minimum Gasteiger partial charge on any atom is -0.495 e. The Labute approximate surface area is 176 Å². The van der Waals surface area contributed by atoms with Crippen molar-refractivity contribution in [1.82, 2.24) is 9.88 Å². The van der Waals surface area contributed by atoms with E-state index in [4.69, 9.17) is 9.47 Å². The molecule has 0 spiro atoms. The van der Waals surface area contributed by atoms with Gasteiger partial charge in [0.15, 0.2) is 0 Å². The van der Waals surface area contributed by atoms with E-state index < -0.39 is 0 Å². The molecular weight excluding hydrogens is 388 g/mol. The maximum atomic E-state index is 12.7. The van der Waals surface area contributed by atoms with Gasteiger partial charge in [0.2, 0.25) is 5.88 Å². The molecule has 0 aliphatic carbocycles. The topological polar surface area (TPSA) is 66.9 Å². The van der Waals surface area contributed by atoms with Crippen LogP contribution in [-0.4, -0.2) is 55.5 Å². The number of para-hydroxylation sites is 2. The highest BCUT2D eigenvalue weighted by Crippen LogP contribution is 2.30. The van der Waals surface area contributed by atoms with Gasteiger partial charge in [-0.3, -0.25) is 4.79 Å². The van der Waals surface area contributed by atoms with Crippen LogP contribution in [-0.2, 0) is 6.42 Å². The first kappa shape index (κ1) is 21.1. The molecule has 1 N–H and O–H groups in total. The second-order valence-electron chi connectivity index (χ2n) is 6.76. The molecule has 1 fully saturated rings. The number of hydrogen-bond acceptors (Lipinski definition) is 7. The van der Waals surface area contributed by atoms with Crippen LogP contribution in [0.5, 0.6) is 11.6 Å². The first-order chi connectivity index (χ1) is 14.1. The SMILES string of the molecule is CCc1cc(NSC(=O)N2CCN(c3ccccc3OC)CC2)c(OC)nc1C. The van der Waals surface area contributed by atoms with Crippen LogP contribution in [0.1, 0.15) is 18.2 Å². The maximum Gasteiger partial charge on any atom is 0.302 e. The lowest BCUT2D eigenvalue weighted by atomic mass is 10.1. The number of carbonyl (C=O) groups is 1. The second kappa shape index (κ2) is 9.73. The van der Waals surface area contributed by atoms with Gasteiger partial charge in [0.05, 0.1) is 19.9 Å². The van der Waals surface area contributed by atoms with Gasteiger partial charge in [-0.1, -0.05) is 19.1 Å². The lowest BCUT2D eigenvalue weighted by molar-refractivity contribution is 0.219. The van der Waals surface area contributed by atoms with E-state index in [1.807, 2.05) is 36.1 Å². The van der Waals surface area contributed by atoms with Crippen molar-refractivity contribution in [3.05, 3.63) is 41.6 Å². The fraction of sp³-hybridized carbons (Fsp3) is 0.429. The van der Waals surface area contributed by atoms with Crippen molar-refractivity contribution in [1.29, 1.82) is 0 Å². The van der Waals surface area contributed by atoms with Gasteiger partial charge in [-0.15, -0.1) is 0 Å². The van der Waals surface area contributed by atoms with Crippen LogP contribution in [0.3, 0.4) is 0 Å². The molecule has 1 amide bonds. The Balaban J connectivity index is 1.58. The minimum absolute atomic E-state index is 0.00893. The number of aryl methyl sites for hydroxylation is 2. The summed E-state index contributed by atoms with van der Waals surface area (Å²) in [7, 11) is 3.27. The van der Waals surface area contributed by atoms with Gasteiger partial charge >= 0.3 is 5.24 Å². The molecule has 2 aromatic rings. The Morgan fingerprint density at radius 1 is 1.17 bits per heavy atom. The Bertz CT molecular complexity index is 854. The van der Waals surface area contributed by atoms with Crippen LogP contribution in [0, 0.1) is 6.92 Å². The summed E-state index contributed by atoms with van der Waals surface area (Å²) in [6, 6.07) is 9.97. The van der Waals surface area contributed by atoms with E-state index in [0.717, 1.165) is 59.8 Å². The van der Waals surface area contributed by atoms with E-state index in [-0.39, 0.29) is 5.24 Å². The zero-order valence-corrected chi connectivity index (χ0v) is 18.2. The number of nitrogens with zero attached hydrogens (tertiary/aromatic N) is 3. The number of piperazine rings is 1. The first-order valence-corrected chi connectivity index (χ1v) is 10.5. The van der Waals surface area contributed by atoms with Crippen LogP contribution in [0.25, 0.3) is 0 Å². The summed E-state index contributed by atoms with van der Waals surface area (Å²) in [6.07, 6.45) is 0.876. The number of benzene rings is 1. The molecule has 1 aromatic carbocycles. The van der Waals surface area contributed by atoms with Crippen molar-refractivity contribution in [2.45, 2.75) is 20.3 Å². The fourth-order valence-electron chi connectivity index (χ4n) is 3.40. The third kappa shape index (κ3) is 4.87. The molecule has 0 bridgehead atoms. The van der Waals surface area contributed by atoms with E-state index in [0.29, 0.717) is 19.0 Å². The average Bonchev–Trinajstić information content (AvgIpc) is 2.77. The van der Waals surface area contributed by atoms with Crippen molar-refractivity contribution >= 4 is 28.6 Å². The number of hydrogen-bond donors (Lipinski definition) is 1. The molecule has 0 atom stereocenters. The molecule has 29 heavy (non-hydrogen) atoms. The zero-order valence-electron chi connectivity index (χ0n) is 17.4. The molecule has 8 heteroatoms. The van der Waals surface area contributed by atoms with Gasteiger partial charge in [-0.25, -0.2) is 4.98 Å². The van der Waals surface area contributed by atoms with Gasteiger partial charge in [-0.05, 0) is 37.1 Å². The summed E-state index contributed by atoms with van der Waals surface area (Å²) in [4.78, 5) is 21.3. The molecule has 156 valence electrons.